The monoisotopic (exact) mass is 486 g/mol. The van der Waals surface area contributed by atoms with Crippen molar-refractivity contribution in [1.29, 1.82) is 0 Å². The van der Waals surface area contributed by atoms with Crippen molar-refractivity contribution in [3.05, 3.63) is 95.3 Å². The number of Topliss-reactive ketones (excluding diaryl/α,β-unsaturated/α-hetero) is 1. The highest BCUT2D eigenvalue weighted by Crippen LogP contribution is 2.43. The van der Waals surface area contributed by atoms with Crippen LogP contribution in [0.3, 0.4) is 0 Å². The summed E-state index contributed by atoms with van der Waals surface area (Å²) in [6.45, 7) is 0. The summed E-state index contributed by atoms with van der Waals surface area (Å²) in [6, 6.07) is 21.6. The van der Waals surface area contributed by atoms with Gasteiger partial charge in [-0.2, -0.15) is 0 Å². The molecule has 1 unspecified atom stereocenters. The van der Waals surface area contributed by atoms with Gasteiger partial charge in [0, 0.05) is 38.0 Å². The summed E-state index contributed by atoms with van der Waals surface area (Å²) in [7, 11) is 6.92. The van der Waals surface area contributed by atoms with Gasteiger partial charge in [0.05, 0.1) is 25.8 Å². The van der Waals surface area contributed by atoms with E-state index >= 15 is 0 Å². The minimum Gasteiger partial charge on any atom is -0.503 e. The molecule has 0 aromatic heterocycles. The molecular formula is C29H30N2O5. The van der Waals surface area contributed by atoms with Crippen LogP contribution in [-0.4, -0.2) is 45.1 Å². The van der Waals surface area contributed by atoms with Crippen LogP contribution in [0.25, 0.3) is 0 Å². The Morgan fingerprint density at radius 1 is 0.944 bits per heavy atom. The molecule has 3 aromatic carbocycles. The Balaban J connectivity index is 1.76. The number of ether oxygens (including phenoxy) is 2. The normalized spacial score (nSPS) is 15.3. The van der Waals surface area contributed by atoms with Crippen molar-refractivity contribution in [1.82, 2.24) is 0 Å². The fourth-order valence-electron chi connectivity index (χ4n) is 4.44. The zero-order valence-corrected chi connectivity index (χ0v) is 20.9. The predicted octanol–water partition coefficient (Wildman–Crippen LogP) is 4.87. The molecular weight excluding hydrogens is 456 g/mol. The molecule has 1 heterocycles. The van der Waals surface area contributed by atoms with Crippen LogP contribution in [0.15, 0.2) is 84.1 Å². The van der Waals surface area contributed by atoms with Crippen molar-refractivity contribution in [2.75, 3.05) is 38.1 Å². The van der Waals surface area contributed by atoms with Gasteiger partial charge in [-0.15, -0.1) is 0 Å². The first-order valence-corrected chi connectivity index (χ1v) is 11.7. The number of hydrogen-bond donors (Lipinski definition) is 1. The summed E-state index contributed by atoms with van der Waals surface area (Å²) < 4.78 is 10.8. The number of carbonyl (C=O) groups excluding carboxylic acids is 2. The highest BCUT2D eigenvalue weighted by atomic mass is 16.5. The smallest absolute Gasteiger partial charge is 0.294 e. The van der Waals surface area contributed by atoms with Crippen molar-refractivity contribution in [2.24, 2.45) is 0 Å². The topological polar surface area (TPSA) is 79.3 Å². The van der Waals surface area contributed by atoms with Gasteiger partial charge in [-0.3, -0.25) is 14.5 Å². The van der Waals surface area contributed by atoms with Crippen LogP contribution in [0.4, 0.5) is 11.4 Å². The van der Waals surface area contributed by atoms with Crippen molar-refractivity contribution in [3.63, 3.8) is 0 Å². The molecule has 0 radical (unpaired) electrons. The molecule has 1 atom stereocenters. The van der Waals surface area contributed by atoms with Gasteiger partial charge < -0.3 is 19.5 Å². The zero-order chi connectivity index (χ0) is 25.8. The molecule has 1 amide bonds. The molecule has 0 spiro atoms. The maximum atomic E-state index is 13.5. The van der Waals surface area contributed by atoms with Crippen LogP contribution in [0.1, 0.15) is 23.6 Å². The van der Waals surface area contributed by atoms with Crippen molar-refractivity contribution in [2.45, 2.75) is 18.9 Å². The average Bonchev–Trinajstić information content (AvgIpc) is 3.17. The quantitative estimate of drug-likeness (QED) is 0.465. The number of ketones is 1. The number of methoxy groups -OCH3 is 2. The Morgan fingerprint density at radius 2 is 1.61 bits per heavy atom. The van der Waals surface area contributed by atoms with Crippen molar-refractivity contribution in [3.8, 4) is 11.5 Å². The Morgan fingerprint density at radius 3 is 2.22 bits per heavy atom. The third-order valence-corrected chi connectivity index (χ3v) is 6.36. The number of carbonyl (C=O) groups is 2. The number of aliphatic hydroxyl groups excluding tert-OH is 1. The fourth-order valence-corrected chi connectivity index (χ4v) is 4.44. The molecule has 3 aromatic rings. The second-order valence-corrected chi connectivity index (χ2v) is 8.77. The summed E-state index contributed by atoms with van der Waals surface area (Å²) in [5.41, 5.74) is 3.29. The number of anilines is 2. The van der Waals surface area contributed by atoms with Gasteiger partial charge in [0.2, 0.25) is 0 Å². The van der Waals surface area contributed by atoms with E-state index in [1.807, 2.05) is 73.6 Å². The predicted molar refractivity (Wildman–Crippen MR) is 140 cm³/mol. The Labute approximate surface area is 211 Å². The lowest BCUT2D eigenvalue weighted by atomic mass is 9.93. The molecule has 186 valence electrons. The summed E-state index contributed by atoms with van der Waals surface area (Å²) >= 11 is 0. The van der Waals surface area contributed by atoms with E-state index in [0.717, 1.165) is 16.8 Å². The fraction of sp³-hybridized carbons (Fsp3) is 0.241. The van der Waals surface area contributed by atoms with Crippen molar-refractivity contribution >= 4 is 23.1 Å². The summed E-state index contributed by atoms with van der Waals surface area (Å²) in [6.07, 6.45) is 0.677. The van der Waals surface area contributed by atoms with E-state index in [1.54, 1.807) is 18.2 Å². The van der Waals surface area contributed by atoms with E-state index in [9.17, 15) is 14.7 Å². The van der Waals surface area contributed by atoms with E-state index in [2.05, 4.69) is 0 Å². The van der Waals surface area contributed by atoms with Gasteiger partial charge in [0.25, 0.3) is 5.91 Å². The molecule has 0 fully saturated rings. The zero-order valence-electron chi connectivity index (χ0n) is 20.9. The molecule has 0 saturated heterocycles. The maximum absolute atomic E-state index is 13.5. The number of aliphatic hydroxyl groups is 1. The lowest BCUT2D eigenvalue weighted by molar-refractivity contribution is -0.118. The van der Waals surface area contributed by atoms with Crippen LogP contribution in [0.5, 0.6) is 11.5 Å². The lowest BCUT2D eigenvalue weighted by Gasteiger charge is -2.28. The number of aryl methyl sites for hydroxylation is 1. The molecule has 1 aliphatic rings. The lowest BCUT2D eigenvalue weighted by Crippen LogP contribution is -2.31. The van der Waals surface area contributed by atoms with Crippen LogP contribution < -0.4 is 19.3 Å². The van der Waals surface area contributed by atoms with Crippen LogP contribution >= 0.6 is 0 Å². The molecule has 0 aliphatic carbocycles. The van der Waals surface area contributed by atoms with E-state index in [4.69, 9.17) is 9.47 Å². The molecule has 36 heavy (non-hydrogen) atoms. The van der Waals surface area contributed by atoms with E-state index in [-0.39, 0.29) is 17.8 Å². The average molecular weight is 487 g/mol. The Hall–Kier alpha value is -4.26. The van der Waals surface area contributed by atoms with Crippen LogP contribution in [-0.2, 0) is 16.0 Å². The van der Waals surface area contributed by atoms with Crippen molar-refractivity contribution < 1.29 is 24.2 Å². The molecule has 7 nitrogen and oxygen atoms in total. The van der Waals surface area contributed by atoms with Gasteiger partial charge in [0.1, 0.15) is 0 Å². The third kappa shape index (κ3) is 4.77. The summed E-state index contributed by atoms with van der Waals surface area (Å²) in [5.74, 6) is -0.477. The first kappa shape index (κ1) is 24.9. The molecule has 0 bridgehead atoms. The summed E-state index contributed by atoms with van der Waals surface area (Å²) in [4.78, 5) is 30.3. The first-order chi connectivity index (χ1) is 17.3. The largest absolute Gasteiger partial charge is 0.503 e. The van der Waals surface area contributed by atoms with Gasteiger partial charge in [0.15, 0.2) is 23.0 Å². The number of rotatable bonds is 9. The molecule has 4 rings (SSSR count). The minimum absolute atomic E-state index is 0.100. The van der Waals surface area contributed by atoms with Gasteiger partial charge in [-0.1, -0.05) is 42.5 Å². The number of hydrogen-bond acceptors (Lipinski definition) is 6. The first-order valence-electron chi connectivity index (χ1n) is 11.7. The second-order valence-electron chi connectivity index (χ2n) is 8.77. The van der Waals surface area contributed by atoms with Crippen LogP contribution in [0, 0.1) is 0 Å². The molecule has 1 aliphatic heterocycles. The Kier molecular flexibility index (Phi) is 7.29. The second kappa shape index (κ2) is 10.6. The van der Waals surface area contributed by atoms with Gasteiger partial charge >= 0.3 is 0 Å². The third-order valence-electron chi connectivity index (χ3n) is 6.36. The number of nitrogens with zero attached hydrogens (tertiary/aromatic N) is 2. The number of benzene rings is 3. The maximum Gasteiger partial charge on any atom is 0.294 e. The van der Waals surface area contributed by atoms with E-state index in [0.29, 0.717) is 23.6 Å². The van der Waals surface area contributed by atoms with Gasteiger partial charge in [-0.25, -0.2) is 0 Å². The van der Waals surface area contributed by atoms with Gasteiger partial charge in [-0.05, 0) is 41.8 Å². The van der Waals surface area contributed by atoms with E-state index < -0.39 is 17.7 Å². The SMILES string of the molecule is COc1ccc(N2C(=O)C(O)=C(C(=O)CCc3ccccc3)C2c2ccc(N(C)C)cc2)cc1OC. The molecule has 7 heteroatoms. The van der Waals surface area contributed by atoms with E-state index in [1.165, 1.54) is 19.1 Å². The molecule has 1 N–H and O–H groups in total. The Bertz CT molecular complexity index is 1280. The molecule has 0 saturated carbocycles. The van der Waals surface area contributed by atoms with Crippen LogP contribution in [0.2, 0.25) is 0 Å². The minimum atomic E-state index is -0.782. The highest BCUT2D eigenvalue weighted by Gasteiger charge is 2.44. The standard InChI is InChI=1S/C29H30N2O5/c1-30(2)21-13-11-20(12-14-21)27-26(23(32)16-10-19-8-6-5-7-9-19)28(33)29(34)31(27)22-15-17-24(35-3)25(18-22)36-4/h5-9,11-15,17-18,27,33H,10,16H2,1-4H3. The number of amides is 1. The summed E-state index contributed by atoms with van der Waals surface area (Å²) in [5, 5.41) is 11.0. The highest BCUT2D eigenvalue weighted by molar-refractivity contribution is 6.16.